The standard InChI is InChI=1S/C23H27N3O3S/c1-5-29-23(28)20-16-9-8-13(2)11-18(16)30-22(20)25-19(27)12-17-15(4)24-21-14(3)7-6-10-26(17)21/h6-7,10,13H,5,8-9,11-12H2,1-4H3,(H,25,27). The zero-order valence-corrected chi connectivity index (χ0v) is 18.7. The summed E-state index contributed by atoms with van der Waals surface area (Å²) in [6.45, 7) is 8.26. The van der Waals surface area contributed by atoms with E-state index in [2.05, 4.69) is 17.2 Å². The number of carbonyl (C=O) groups is 2. The second kappa shape index (κ2) is 8.22. The summed E-state index contributed by atoms with van der Waals surface area (Å²) < 4.78 is 7.27. The zero-order valence-electron chi connectivity index (χ0n) is 17.9. The molecule has 0 bridgehead atoms. The molecule has 0 saturated heterocycles. The van der Waals surface area contributed by atoms with Crippen molar-refractivity contribution in [1.29, 1.82) is 0 Å². The Labute approximate surface area is 180 Å². The normalized spacial score (nSPS) is 15.8. The molecule has 0 radical (unpaired) electrons. The third-order valence-corrected chi connectivity index (χ3v) is 6.89. The number of hydrogen-bond donors (Lipinski definition) is 1. The molecule has 0 aliphatic heterocycles. The van der Waals surface area contributed by atoms with Gasteiger partial charge in [0.05, 0.1) is 30.0 Å². The molecule has 3 heterocycles. The Kier molecular flexibility index (Phi) is 5.64. The average molecular weight is 426 g/mol. The molecule has 7 heteroatoms. The first-order valence-corrected chi connectivity index (χ1v) is 11.2. The van der Waals surface area contributed by atoms with Gasteiger partial charge in [0.15, 0.2) is 0 Å². The number of thiophene rings is 1. The van der Waals surface area contributed by atoms with Crippen molar-refractivity contribution in [2.24, 2.45) is 5.92 Å². The maximum atomic E-state index is 13.0. The lowest BCUT2D eigenvalue weighted by atomic mass is 9.88. The molecule has 4 rings (SSSR count). The van der Waals surface area contributed by atoms with Gasteiger partial charge in [-0.25, -0.2) is 9.78 Å². The van der Waals surface area contributed by atoms with E-state index in [1.54, 1.807) is 6.92 Å². The number of rotatable bonds is 5. The molecule has 1 aliphatic carbocycles. The number of pyridine rings is 1. The molecule has 1 amide bonds. The predicted octanol–water partition coefficient (Wildman–Crippen LogP) is 4.50. The van der Waals surface area contributed by atoms with Crippen LogP contribution in [-0.4, -0.2) is 27.9 Å². The molecule has 1 atom stereocenters. The van der Waals surface area contributed by atoms with E-state index in [1.165, 1.54) is 16.2 Å². The number of amides is 1. The quantitative estimate of drug-likeness (QED) is 0.611. The SMILES string of the molecule is CCOC(=O)c1c(NC(=O)Cc2c(C)nc3c(C)cccn23)sc2c1CCC(C)C2. The lowest BCUT2D eigenvalue weighted by Gasteiger charge is -2.18. The average Bonchev–Trinajstić information content (AvgIpc) is 3.20. The summed E-state index contributed by atoms with van der Waals surface area (Å²) in [7, 11) is 0. The summed E-state index contributed by atoms with van der Waals surface area (Å²) >= 11 is 1.52. The number of nitrogens with one attached hydrogen (secondary N) is 1. The molecule has 1 unspecified atom stereocenters. The van der Waals surface area contributed by atoms with Crippen LogP contribution in [0.25, 0.3) is 5.65 Å². The van der Waals surface area contributed by atoms with Gasteiger partial charge in [0.25, 0.3) is 0 Å². The van der Waals surface area contributed by atoms with Crippen LogP contribution in [-0.2, 0) is 28.8 Å². The monoisotopic (exact) mass is 425 g/mol. The molecule has 6 nitrogen and oxygen atoms in total. The highest BCUT2D eigenvalue weighted by molar-refractivity contribution is 7.17. The number of carbonyl (C=O) groups excluding carboxylic acids is 2. The van der Waals surface area contributed by atoms with Crippen molar-refractivity contribution in [3.63, 3.8) is 0 Å². The minimum Gasteiger partial charge on any atom is -0.462 e. The maximum absolute atomic E-state index is 13.0. The fourth-order valence-electron chi connectivity index (χ4n) is 4.16. The second-order valence-electron chi connectivity index (χ2n) is 8.03. The number of ether oxygens (including phenoxy) is 1. The van der Waals surface area contributed by atoms with Crippen molar-refractivity contribution < 1.29 is 14.3 Å². The van der Waals surface area contributed by atoms with Gasteiger partial charge in [-0.05, 0) is 63.1 Å². The Morgan fingerprint density at radius 2 is 2.17 bits per heavy atom. The summed E-state index contributed by atoms with van der Waals surface area (Å²) in [4.78, 5) is 31.4. The number of aryl methyl sites for hydroxylation is 2. The first-order chi connectivity index (χ1) is 14.4. The Morgan fingerprint density at radius 3 is 2.93 bits per heavy atom. The Morgan fingerprint density at radius 1 is 1.37 bits per heavy atom. The molecule has 0 saturated carbocycles. The van der Waals surface area contributed by atoms with Crippen LogP contribution in [0.2, 0.25) is 0 Å². The molecule has 1 N–H and O–H groups in total. The van der Waals surface area contributed by atoms with Crippen molar-refractivity contribution in [2.75, 3.05) is 11.9 Å². The van der Waals surface area contributed by atoms with Crippen LogP contribution in [0.3, 0.4) is 0 Å². The van der Waals surface area contributed by atoms with E-state index < -0.39 is 0 Å². The molecule has 158 valence electrons. The van der Waals surface area contributed by atoms with Crippen LogP contribution >= 0.6 is 11.3 Å². The lowest BCUT2D eigenvalue weighted by Crippen LogP contribution is -2.18. The first-order valence-electron chi connectivity index (χ1n) is 10.4. The van der Waals surface area contributed by atoms with Crippen molar-refractivity contribution in [3.05, 3.63) is 51.3 Å². The summed E-state index contributed by atoms with van der Waals surface area (Å²) in [5.41, 5.74) is 5.22. The highest BCUT2D eigenvalue weighted by atomic mass is 32.1. The van der Waals surface area contributed by atoms with Crippen LogP contribution in [0.1, 0.15) is 58.0 Å². The maximum Gasteiger partial charge on any atom is 0.341 e. The van der Waals surface area contributed by atoms with Crippen molar-refractivity contribution in [3.8, 4) is 0 Å². The molecular formula is C23H27N3O3S. The number of fused-ring (bicyclic) bond motifs is 2. The molecule has 1 aliphatic rings. The highest BCUT2D eigenvalue weighted by Crippen LogP contribution is 2.40. The van der Waals surface area contributed by atoms with Gasteiger partial charge in [-0.15, -0.1) is 11.3 Å². The van der Waals surface area contributed by atoms with E-state index >= 15 is 0 Å². The van der Waals surface area contributed by atoms with Gasteiger partial charge >= 0.3 is 5.97 Å². The van der Waals surface area contributed by atoms with Crippen molar-refractivity contribution >= 4 is 33.9 Å². The summed E-state index contributed by atoms with van der Waals surface area (Å²) in [6.07, 6.45) is 4.96. The summed E-state index contributed by atoms with van der Waals surface area (Å²) in [5, 5.41) is 3.62. The molecule has 0 fully saturated rings. The minimum atomic E-state index is -0.346. The van der Waals surface area contributed by atoms with E-state index in [-0.39, 0.29) is 18.3 Å². The smallest absolute Gasteiger partial charge is 0.341 e. The van der Waals surface area contributed by atoms with E-state index in [9.17, 15) is 9.59 Å². The van der Waals surface area contributed by atoms with Crippen LogP contribution in [0.15, 0.2) is 18.3 Å². The lowest BCUT2D eigenvalue weighted by molar-refractivity contribution is -0.115. The molecule has 0 spiro atoms. The third-order valence-electron chi connectivity index (χ3n) is 5.72. The van der Waals surface area contributed by atoms with Gasteiger partial charge in [0.2, 0.25) is 5.91 Å². The van der Waals surface area contributed by atoms with Crippen LogP contribution in [0, 0.1) is 19.8 Å². The number of esters is 1. The number of hydrogen-bond acceptors (Lipinski definition) is 5. The topological polar surface area (TPSA) is 72.7 Å². The third kappa shape index (κ3) is 3.74. The number of anilines is 1. The molecule has 0 aromatic carbocycles. The Bertz CT molecular complexity index is 1130. The van der Waals surface area contributed by atoms with Gasteiger partial charge in [-0.3, -0.25) is 4.79 Å². The fraction of sp³-hybridized carbons (Fsp3) is 0.435. The van der Waals surface area contributed by atoms with Gasteiger partial charge in [0.1, 0.15) is 10.6 Å². The van der Waals surface area contributed by atoms with Gasteiger partial charge in [-0.2, -0.15) is 0 Å². The summed E-state index contributed by atoms with van der Waals surface area (Å²) in [6, 6.07) is 3.96. The van der Waals surface area contributed by atoms with Gasteiger partial charge in [0, 0.05) is 11.1 Å². The van der Waals surface area contributed by atoms with Gasteiger partial charge in [-0.1, -0.05) is 13.0 Å². The fourth-order valence-corrected chi connectivity index (χ4v) is 5.58. The van der Waals surface area contributed by atoms with Crippen molar-refractivity contribution in [1.82, 2.24) is 9.38 Å². The largest absolute Gasteiger partial charge is 0.462 e. The summed E-state index contributed by atoms with van der Waals surface area (Å²) in [5.74, 6) is 0.0823. The van der Waals surface area contributed by atoms with E-state index in [0.717, 1.165) is 47.4 Å². The molecule has 3 aromatic rings. The minimum absolute atomic E-state index is 0.154. The van der Waals surface area contributed by atoms with Crippen molar-refractivity contribution in [2.45, 2.75) is 53.4 Å². The van der Waals surface area contributed by atoms with Crippen LogP contribution in [0.5, 0.6) is 0 Å². The second-order valence-corrected chi connectivity index (χ2v) is 9.14. The van der Waals surface area contributed by atoms with Gasteiger partial charge < -0.3 is 14.5 Å². The number of nitrogens with zero attached hydrogens (tertiary/aromatic N) is 2. The number of aromatic nitrogens is 2. The Hall–Kier alpha value is -2.67. The van der Waals surface area contributed by atoms with E-state index in [1.807, 2.05) is 36.6 Å². The molecule has 30 heavy (non-hydrogen) atoms. The van der Waals surface area contributed by atoms with Crippen LogP contribution < -0.4 is 5.32 Å². The predicted molar refractivity (Wildman–Crippen MR) is 118 cm³/mol. The highest BCUT2D eigenvalue weighted by Gasteiger charge is 2.29. The van der Waals surface area contributed by atoms with Crippen LogP contribution in [0.4, 0.5) is 5.00 Å². The molecule has 3 aromatic heterocycles. The molecular weight excluding hydrogens is 398 g/mol. The van der Waals surface area contributed by atoms with E-state index in [4.69, 9.17) is 4.74 Å². The zero-order chi connectivity index (χ0) is 21.4. The first kappa shape index (κ1) is 20.6. The Balaban J connectivity index is 1.63. The van der Waals surface area contributed by atoms with E-state index in [0.29, 0.717) is 23.1 Å². The number of imidazole rings is 1.